The maximum absolute atomic E-state index is 13.0. The number of nitrogens with zero attached hydrogens (tertiary/aromatic N) is 1. The van der Waals surface area contributed by atoms with Crippen LogP contribution in [0.5, 0.6) is 0 Å². The summed E-state index contributed by atoms with van der Waals surface area (Å²) in [5.41, 5.74) is 0.112. The molecule has 0 saturated carbocycles. The predicted octanol–water partition coefficient (Wildman–Crippen LogP) is 2.05. The molecule has 9 heteroatoms. The molecule has 0 radical (unpaired) electrons. The van der Waals surface area contributed by atoms with Gasteiger partial charge in [-0.1, -0.05) is 6.92 Å². The number of carboxylic acid groups (broad SMARTS) is 1. The molecular weight excluding hydrogens is 422 g/mol. The van der Waals surface area contributed by atoms with Gasteiger partial charge in [-0.15, -0.1) is 11.3 Å². The average Bonchev–Trinajstić information content (AvgIpc) is 3.03. The summed E-state index contributed by atoms with van der Waals surface area (Å²) in [6, 6.07) is 1.17. The SMILES string of the molecule is CC1C(=O)OC2CC3(C)OC3C(c3sccc3C(=O)O)C(N(C)C)C3=CC(OC3=O)C21. The standard InChI is InChI=1S/C22H25NO7S/c1-9-14-12-7-11(21(27)28-12)16(23(3)4)15(17-10(19(24)25)5-6-31-17)18-22(2,30-18)8-13(14)29-20(9)26/h5-7,9,12-16,18H,8H2,1-4H3,(H,24,25). The molecule has 2 fully saturated rings. The molecule has 0 spiro atoms. The minimum absolute atomic E-state index is 0.221. The van der Waals surface area contributed by atoms with Crippen molar-refractivity contribution < 1.29 is 33.7 Å². The zero-order valence-electron chi connectivity index (χ0n) is 17.7. The molecule has 5 rings (SSSR count). The first-order chi connectivity index (χ1) is 14.6. The van der Waals surface area contributed by atoms with E-state index in [1.807, 2.05) is 38.9 Å². The number of ether oxygens (including phenoxy) is 3. The maximum atomic E-state index is 13.0. The quantitative estimate of drug-likeness (QED) is 0.554. The fourth-order valence-corrected chi connectivity index (χ4v) is 6.68. The second-order valence-electron chi connectivity index (χ2n) is 9.33. The number of hydrogen-bond acceptors (Lipinski definition) is 8. The average molecular weight is 448 g/mol. The van der Waals surface area contributed by atoms with Gasteiger partial charge in [0.2, 0.25) is 0 Å². The molecule has 4 heterocycles. The minimum Gasteiger partial charge on any atom is -0.478 e. The smallest absolute Gasteiger partial charge is 0.336 e. The Morgan fingerprint density at radius 2 is 2.03 bits per heavy atom. The second kappa shape index (κ2) is 6.88. The van der Waals surface area contributed by atoms with Crippen molar-refractivity contribution in [3.05, 3.63) is 33.5 Å². The highest BCUT2D eigenvalue weighted by Crippen LogP contribution is 2.56. The molecule has 166 valence electrons. The van der Waals surface area contributed by atoms with Crippen LogP contribution in [0.3, 0.4) is 0 Å². The van der Waals surface area contributed by atoms with Crippen molar-refractivity contribution in [3.8, 4) is 0 Å². The van der Waals surface area contributed by atoms with E-state index >= 15 is 0 Å². The van der Waals surface area contributed by atoms with Crippen molar-refractivity contribution in [1.82, 2.24) is 4.90 Å². The van der Waals surface area contributed by atoms with E-state index in [0.717, 1.165) is 0 Å². The van der Waals surface area contributed by atoms with Crippen molar-refractivity contribution in [2.45, 2.75) is 56.1 Å². The molecule has 31 heavy (non-hydrogen) atoms. The minimum atomic E-state index is -1.01. The Morgan fingerprint density at radius 3 is 2.71 bits per heavy atom. The molecule has 1 aromatic heterocycles. The van der Waals surface area contributed by atoms with Gasteiger partial charge in [-0.3, -0.25) is 4.79 Å². The first-order valence-electron chi connectivity index (χ1n) is 10.4. The first kappa shape index (κ1) is 20.7. The normalized spacial score (nSPS) is 41.2. The van der Waals surface area contributed by atoms with Gasteiger partial charge in [-0.2, -0.15) is 0 Å². The van der Waals surface area contributed by atoms with Crippen molar-refractivity contribution in [1.29, 1.82) is 0 Å². The summed E-state index contributed by atoms with van der Waals surface area (Å²) in [5, 5.41) is 11.5. The molecule has 8 nitrogen and oxygen atoms in total. The number of hydrogen-bond donors (Lipinski definition) is 1. The third-order valence-corrected chi connectivity index (χ3v) is 8.18. The van der Waals surface area contributed by atoms with E-state index in [-0.39, 0.29) is 35.4 Å². The largest absolute Gasteiger partial charge is 0.478 e. The summed E-state index contributed by atoms with van der Waals surface area (Å²) >= 11 is 1.36. The molecule has 2 bridgehead atoms. The van der Waals surface area contributed by atoms with Gasteiger partial charge in [0.05, 0.1) is 34.8 Å². The highest BCUT2D eigenvalue weighted by molar-refractivity contribution is 7.10. The van der Waals surface area contributed by atoms with Crippen molar-refractivity contribution in [2.24, 2.45) is 11.8 Å². The van der Waals surface area contributed by atoms with E-state index in [2.05, 4.69) is 0 Å². The van der Waals surface area contributed by atoms with E-state index in [1.54, 1.807) is 11.4 Å². The van der Waals surface area contributed by atoms with Gasteiger partial charge in [-0.25, -0.2) is 9.59 Å². The number of carbonyl (C=O) groups is 3. The molecule has 4 aliphatic rings. The fourth-order valence-electron chi connectivity index (χ4n) is 5.64. The molecule has 1 aromatic rings. The van der Waals surface area contributed by atoms with Gasteiger partial charge in [0.25, 0.3) is 0 Å². The van der Waals surface area contributed by atoms with Crippen molar-refractivity contribution >= 4 is 29.2 Å². The van der Waals surface area contributed by atoms with Crippen LogP contribution in [-0.2, 0) is 23.8 Å². The molecular formula is C22H25NO7S. The van der Waals surface area contributed by atoms with Gasteiger partial charge in [0.15, 0.2) is 0 Å². The van der Waals surface area contributed by atoms with Crippen molar-refractivity contribution in [3.63, 3.8) is 0 Å². The van der Waals surface area contributed by atoms with Crippen LogP contribution in [-0.4, -0.2) is 72.0 Å². The van der Waals surface area contributed by atoms with Crippen LogP contribution in [0.25, 0.3) is 0 Å². The van der Waals surface area contributed by atoms with Gasteiger partial charge in [-0.05, 0) is 38.5 Å². The van der Waals surface area contributed by atoms with E-state index in [4.69, 9.17) is 14.2 Å². The molecule has 1 aliphatic carbocycles. The predicted molar refractivity (Wildman–Crippen MR) is 110 cm³/mol. The Labute approximate surface area is 183 Å². The van der Waals surface area contributed by atoms with E-state index < -0.39 is 35.8 Å². The third kappa shape index (κ3) is 3.05. The third-order valence-electron chi connectivity index (χ3n) is 7.16. The van der Waals surface area contributed by atoms with E-state index in [9.17, 15) is 19.5 Å². The lowest BCUT2D eigenvalue weighted by atomic mass is 9.76. The number of likely N-dealkylation sites (N-methyl/N-ethyl adjacent to an activating group) is 1. The van der Waals surface area contributed by atoms with E-state index in [0.29, 0.717) is 16.9 Å². The van der Waals surface area contributed by atoms with E-state index in [1.165, 1.54) is 11.3 Å². The number of epoxide rings is 1. The number of fused-ring (bicyclic) bond motifs is 4. The van der Waals surface area contributed by atoms with Gasteiger partial charge >= 0.3 is 17.9 Å². The van der Waals surface area contributed by atoms with Gasteiger partial charge in [0.1, 0.15) is 12.2 Å². The van der Waals surface area contributed by atoms with Crippen LogP contribution in [0.2, 0.25) is 0 Å². The monoisotopic (exact) mass is 447 g/mol. The zero-order valence-corrected chi connectivity index (χ0v) is 18.5. The lowest BCUT2D eigenvalue weighted by molar-refractivity contribution is -0.144. The van der Waals surface area contributed by atoms with Crippen LogP contribution < -0.4 is 0 Å². The molecule has 8 atom stereocenters. The summed E-state index contributed by atoms with van der Waals surface area (Å²) in [4.78, 5) is 39.9. The molecule has 8 unspecified atom stereocenters. The van der Waals surface area contributed by atoms with Crippen LogP contribution in [0, 0.1) is 11.8 Å². The van der Waals surface area contributed by atoms with Crippen LogP contribution >= 0.6 is 11.3 Å². The lowest BCUT2D eigenvalue weighted by Gasteiger charge is -2.32. The number of carboxylic acids is 1. The molecule has 0 aromatic carbocycles. The molecule has 3 aliphatic heterocycles. The first-order valence-corrected chi connectivity index (χ1v) is 11.3. The number of rotatable bonds is 3. The summed E-state index contributed by atoms with van der Waals surface area (Å²) in [6.45, 7) is 3.78. The Kier molecular flexibility index (Phi) is 4.59. The second-order valence-corrected chi connectivity index (χ2v) is 10.3. The zero-order chi connectivity index (χ0) is 22.2. The fraction of sp³-hybridized carbons (Fsp3) is 0.591. The van der Waals surface area contributed by atoms with Gasteiger partial charge in [0, 0.05) is 23.1 Å². The summed E-state index contributed by atoms with van der Waals surface area (Å²) in [7, 11) is 3.73. The molecule has 0 amide bonds. The Bertz CT molecular complexity index is 1000. The van der Waals surface area contributed by atoms with Crippen LogP contribution in [0.1, 0.15) is 41.4 Å². The topological polar surface area (TPSA) is 106 Å². The molecule has 2 saturated heterocycles. The number of aromatic carboxylic acids is 1. The highest BCUT2D eigenvalue weighted by Gasteiger charge is 2.64. The van der Waals surface area contributed by atoms with Crippen LogP contribution in [0.15, 0.2) is 23.1 Å². The molecule has 1 N–H and O–H groups in total. The van der Waals surface area contributed by atoms with Crippen LogP contribution in [0.4, 0.5) is 0 Å². The highest BCUT2D eigenvalue weighted by atomic mass is 32.1. The van der Waals surface area contributed by atoms with Crippen molar-refractivity contribution in [2.75, 3.05) is 14.1 Å². The Hall–Kier alpha value is -2.23. The number of thiophene rings is 1. The maximum Gasteiger partial charge on any atom is 0.336 e. The number of carbonyl (C=O) groups excluding carboxylic acids is 2. The van der Waals surface area contributed by atoms with Gasteiger partial charge < -0.3 is 24.2 Å². The summed E-state index contributed by atoms with van der Waals surface area (Å²) in [5.74, 6) is -2.77. The lowest BCUT2D eigenvalue weighted by Crippen LogP contribution is -2.42. The Morgan fingerprint density at radius 1 is 1.29 bits per heavy atom. The summed E-state index contributed by atoms with van der Waals surface area (Å²) < 4.78 is 17.7. The summed E-state index contributed by atoms with van der Waals surface area (Å²) in [6.07, 6.45) is 0.982. The Balaban J connectivity index is 1.67. The number of esters is 2.